The first kappa shape index (κ1) is 12.8. The number of aromatic nitrogens is 3. The number of hydrogen-bond donors (Lipinski definition) is 2. The summed E-state index contributed by atoms with van der Waals surface area (Å²) < 4.78 is 0.778. The summed E-state index contributed by atoms with van der Waals surface area (Å²) >= 11 is 3.30. The Labute approximate surface area is 123 Å². The Hall–Kier alpha value is -2.20. The van der Waals surface area contributed by atoms with E-state index in [4.69, 9.17) is 5.26 Å². The molecule has 20 heavy (non-hydrogen) atoms. The van der Waals surface area contributed by atoms with Crippen LogP contribution in [0.2, 0.25) is 0 Å². The van der Waals surface area contributed by atoms with Crippen LogP contribution in [0, 0.1) is 11.3 Å². The van der Waals surface area contributed by atoms with E-state index >= 15 is 0 Å². The zero-order valence-electron chi connectivity index (χ0n) is 10.4. The smallest absolute Gasteiger partial charge is 0.295 e. The molecule has 7 heteroatoms. The van der Waals surface area contributed by atoms with Gasteiger partial charge in [0.1, 0.15) is 11.9 Å². The second-order valence-electron chi connectivity index (χ2n) is 4.57. The zero-order chi connectivity index (χ0) is 14.1. The van der Waals surface area contributed by atoms with E-state index in [1.807, 2.05) is 6.07 Å². The molecule has 1 aliphatic rings. The summed E-state index contributed by atoms with van der Waals surface area (Å²) in [6.45, 7) is 0. The Balaban J connectivity index is 1.81. The highest BCUT2D eigenvalue weighted by atomic mass is 79.9. The normalized spacial score (nSPS) is 13.8. The summed E-state index contributed by atoms with van der Waals surface area (Å²) in [4.78, 5) is 16.2. The molecule has 3 rings (SSSR count). The molecule has 1 aromatic heterocycles. The quantitative estimate of drug-likeness (QED) is 0.903. The molecule has 1 saturated carbocycles. The van der Waals surface area contributed by atoms with Crippen molar-refractivity contribution in [3.63, 3.8) is 0 Å². The Kier molecular flexibility index (Phi) is 3.24. The van der Waals surface area contributed by atoms with Gasteiger partial charge in [-0.15, -0.1) is 5.10 Å². The molecule has 1 heterocycles. The van der Waals surface area contributed by atoms with Gasteiger partial charge in [0.15, 0.2) is 0 Å². The third-order valence-electron chi connectivity index (χ3n) is 3.02. The number of nitriles is 1. The maximum atomic E-state index is 12.1. The molecule has 100 valence electrons. The van der Waals surface area contributed by atoms with E-state index in [1.54, 1.807) is 18.2 Å². The molecule has 1 amide bonds. The van der Waals surface area contributed by atoms with E-state index in [1.165, 1.54) is 0 Å². The number of aromatic amines is 1. The van der Waals surface area contributed by atoms with E-state index in [9.17, 15) is 4.79 Å². The Morgan fingerprint density at radius 1 is 1.50 bits per heavy atom. The largest absolute Gasteiger partial charge is 0.318 e. The Morgan fingerprint density at radius 3 is 3.00 bits per heavy atom. The van der Waals surface area contributed by atoms with Crippen LogP contribution in [0.4, 0.5) is 5.69 Å². The summed E-state index contributed by atoms with van der Waals surface area (Å²) in [5.41, 5.74) is 0.823. The number of rotatable bonds is 3. The molecule has 0 spiro atoms. The second kappa shape index (κ2) is 5.06. The van der Waals surface area contributed by atoms with Crippen molar-refractivity contribution in [3.05, 3.63) is 39.9 Å². The van der Waals surface area contributed by atoms with Crippen LogP contribution in [-0.4, -0.2) is 21.1 Å². The lowest BCUT2D eigenvalue weighted by molar-refractivity contribution is 0.101. The molecule has 2 N–H and O–H groups in total. The van der Waals surface area contributed by atoms with E-state index < -0.39 is 5.91 Å². The topological polar surface area (TPSA) is 94.5 Å². The first-order chi connectivity index (χ1) is 9.67. The van der Waals surface area contributed by atoms with E-state index in [-0.39, 0.29) is 5.82 Å². The monoisotopic (exact) mass is 331 g/mol. The maximum Gasteiger partial charge on any atom is 0.295 e. The van der Waals surface area contributed by atoms with Gasteiger partial charge in [0, 0.05) is 10.4 Å². The number of carbonyl (C=O) groups excluding carboxylic acids is 1. The van der Waals surface area contributed by atoms with Crippen molar-refractivity contribution in [2.45, 2.75) is 18.8 Å². The number of nitrogens with one attached hydrogen (secondary N) is 2. The third-order valence-corrected chi connectivity index (χ3v) is 3.51. The average molecular weight is 332 g/mol. The van der Waals surface area contributed by atoms with E-state index in [0.29, 0.717) is 17.2 Å². The van der Waals surface area contributed by atoms with Crippen LogP contribution < -0.4 is 5.32 Å². The van der Waals surface area contributed by atoms with Gasteiger partial charge in [0.25, 0.3) is 5.91 Å². The molecule has 0 atom stereocenters. The number of hydrogen-bond acceptors (Lipinski definition) is 4. The molecular weight excluding hydrogens is 322 g/mol. The van der Waals surface area contributed by atoms with Crippen molar-refractivity contribution in [1.29, 1.82) is 5.26 Å². The molecule has 2 aromatic rings. The SMILES string of the molecule is N#Cc1ccc(Br)cc1NC(=O)c1n[nH]c(C2CC2)n1. The van der Waals surface area contributed by atoms with Crippen molar-refractivity contribution in [2.24, 2.45) is 0 Å². The van der Waals surface area contributed by atoms with Gasteiger partial charge in [-0.1, -0.05) is 15.9 Å². The van der Waals surface area contributed by atoms with Crippen LogP contribution in [0.1, 0.15) is 40.8 Å². The van der Waals surface area contributed by atoms with Crippen LogP contribution in [0.3, 0.4) is 0 Å². The minimum absolute atomic E-state index is 0.0933. The van der Waals surface area contributed by atoms with Crippen LogP contribution in [0.5, 0.6) is 0 Å². The fourth-order valence-corrected chi connectivity index (χ4v) is 2.17. The maximum absolute atomic E-state index is 12.1. The number of H-pyrrole nitrogens is 1. The first-order valence-electron chi connectivity index (χ1n) is 6.10. The lowest BCUT2D eigenvalue weighted by Gasteiger charge is -2.05. The number of anilines is 1. The Bertz CT molecular complexity index is 714. The standard InChI is InChI=1S/C13H10BrN5O/c14-9-4-3-8(6-15)10(5-9)16-13(20)12-17-11(18-19-12)7-1-2-7/h3-5,7H,1-2H2,(H,16,20)(H,17,18,19). The predicted molar refractivity (Wildman–Crippen MR) is 75.2 cm³/mol. The summed E-state index contributed by atoms with van der Waals surface area (Å²) in [6, 6.07) is 7.07. The minimum atomic E-state index is -0.428. The van der Waals surface area contributed by atoms with Crippen LogP contribution >= 0.6 is 15.9 Å². The number of carbonyl (C=O) groups is 1. The van der Waals surface area contributed by atoms with Crippen molar-refractivity contribution in [1.82, 2.24) is 15.2 Å². The highest BCUT2D eigenvalue weighted by molar-refractivity contribution is 9.10. The molecule has 0 unspecified atom stereocenters. The number of halogens is 1. The lowest BCUT2D eigenvalue weighted by atomic mass is 10.2. The van der Waals surface area contributed by atoms with Gasteiger partial charge in [-0.2, -0.15) is 5.26 Å². The molecule has 1 aliphatic carbocycles. The summed E-state index contributed by atoms with van der Waals surface area (Å²) in [7, 11) is 0. The van der Waals surface area contributed by atoms with Crippen LogP contribution in [0.15, 0.2) is 22.7 Å². The summed E-state index contributed by atoms with van der Waals surface area (Å²) in [5, 5.41) is 18.4. The van der Waals surface area contributed by atoms with Gasteiger partial charge in [-0.3, -0.25) is 9.89 Å². The van der Waals surface area contributed by atoms with Gasteiger partial charge in [-0.25, -0.2) is 4.98 Å². The van der Waals surface area contributed by atoms with Gasteiger partial charge < -0.3 is 5.32 Å². The average Bonchev–Trinajstić information content (AvgIpc) is 3.16. The van der Waals surface area contributed by atoms with Gasteiger partial charge in [0.2, 0.25) is 5.82 Å². The number of amides is 1. The van der Waals surface area contributed by atoms with Crippen LogP contribution in [0.25, 0.3) is 0 Å². The summed E-state index contributed by atoms with van der Waals surface area (Å²) in [5.74, 6) is 0.827. The predicted octanol–water partition coefficient (Wildman–Crippen LogP) is 2.57. The Morgan fingerprint density at radius 2 is 2.30 bits per heavy atom. The second-order valence-corrected chi connectivity index (χ2v) is 5.49. The highest BCUT2D eigenvalue weighted by Gasteiger charge is 2.28. The minimum Gasteiger partial charge on any atom is -0.318 e. The highest BCUT2D eigenvalue weighted by Crippen LogP contribution is 2.37. The lowest BCUT2D eigenvalue weighted by Crippen LogP contribution is -2.14. The molecule has 1 fully saturated rings. The molecule has 1 aromatic carbocycles. The van der Waals surface area contributed by atoms with Crippen molar-refractivity contribution in [2.75, 3.05) is 5.32 Å². The molecule has 6 nitrogen and oxygen atoms in total. The zero-order valence-corrected chi connectivity index (χ0v) is 11.9. The van der Waals surface area contributed by atoms with Crippen molar-refractivity contribution in [3.8, 4) is 6.07 Å². The molecule has 0 aliphatic heterocycles. The third kappa shape index (κ3) is 2.56. The van der Waals surface area contributed by atoms with Gasteiger partial charge in [-0.05, 0) is 31.0 Å². The first-order valence-corrected chi connectivity index (χ1v) is 6.90. The number of benzene rings is 1. The van der Waals surface area contributed by atoms with E-state index in [2.05, 4.69) is 36.4 Å². The molecule has 0 radical (unpaired) electrons. The summed E-state index contributed by atoms with van der Waals surface area (Å²) in [6.07, 6.45) is 2.17. The molecular formula is C13H10BrN5O. The van der Waals surface area contributed by atoms with Gasteiger partial charge in [0.05, 0.1) is 11.3 Å². The fourth-order valence-electron chi connectivity index (χ4n) is 1.81. The van der Waals surface area contributed by atoms with Crippen molar-refractivity contribution < 1.29 is 4.79 Å². The van der Waals surface area contributed by atoms with E-state index in [0.717, 1.165) is 23.1 Å². The molecule has 0 bridgehead atoms. The fraction of sp³-hybridized carbons (Fsp3) is 0.231. The van der Waals surface area contributed by atoms with Gasteiger partial charge >= 0.3 is 0 Å². The van der Waals surface area contributed by atoms with Crippen LogP contribution in [-0.2, 0) is 0 Å². The van der Waals surface area contributed by atoms with Crippen molar-refractivity contribution >= 4 is 27.5 Å². The number of nitrogens with zero attached hydrogens (tertiary/aromatic N) is 3. The molecule has 0 saturated heterocycles.